The van der Waals surface area contributed by atoms with E-state index in [0.717, 1.165) is 18.7 Å². The first-order valence-electron chi connectivity index (χ1n) is 5.18. The Morgan fingerprint density at radius 2 is 2.44 bits per heavy atom. The van der Waals surface area contributed by atoms with Gasteiger partial charge in [-0.25, -0.2) is 4.79 Å². The fraction of sp³-hybridized carbons (Fsp3) is 0.417. The molecule has 1 heterocycles. The van der Waals surface area contributed by atoms with Gasteiger partial charge >= 0.3 is 5.97 Å². The zero-order chi connectivity index (χ0) is 12.0. The van der Waals surface area contributed by atoms with E-state index in [9.17, 15) is 4.79 Å². The Kier molecular flexibility index (Phi) is 4.79. The van der Waals surface area contributed by atoms with Crippen molar-refractivity contribution < 1.29 is 13.9 Å². The van der Waals surface area contributed by atoms with Crippen LogP contribution in [0.15, 0.2) is 23.1 Å². The van der Waals surface area contributed by atoms with E-state index in [1.54, 1.807) is 13.0 Å². The van der Waals surface area contributed by atoms with Crippen LogP contribution in [0.2, 0.25) is 0 Å². The molecule has 1 aromatic heterocycles. The maximum atomic E-state index is 11.3. The minimum absolute atomic E-state index is 0.362. The van der Waals surface area contributed by atoms with Crippen molar-refractivity contribution in [2.45, 2.75) is 19.9 Å². The van der Waals surface area contributed by atoms with Gasteiger partial charge in [0.05, 0.1) is 13.7 Å². The van der Waals surface area contributed by atoms with E-state index in [1.165, 1.54) is 7.11 Å². The lowest BCUT2D eigenvalue weighted by molar-refractivity contribution is 0.0599. The third-order valence-electron chi connectivity index (χ3n) is 2.20. The minimum atomic E-state index is -0.362. The standard InChI is InChI=1S/C12H17NO3/c1-4-5-6-13-8-10-7-11(9(2)16-10)12(14)15-3/h4,7,13H,1,5-6,8H2,2-3H3. The second kappa shape index (κ2) is 6.12. The highest BCUT2D eigenvalue weighted by Gasteiger charge is 2.14. The van der Waals surface area contributed by atoms with Crippen molar-refractivity contribution in [2.75, 3.05) is 13.7 Å². The highest BCUT2D eigenvalue weighted by Crippen LogP contribution is 2.15. The van der Waals surface area contributed by atoms with Crippen LogP contribution in [0.25, 0.3) is 0 Å². The van der Waals surface area contributed by atoms with Crippen LogP contribution in [0.5, 0.6) is 0 Å². The third kappa shape index (κ3) is 3.24. The molecule has 0 aliphatic carbocycles. The largest absolute Gasteiger partial charge is 0.465 e. The van der Waals surface area contributed by atoms with Gasteiger partial charge in [0, 0.05) is 0 Å². The summed E-state index contributed by atoms with van der Waals surface area (Å²) in [5.74, 6) is 0.966. The van der Waals surface area contributed by atoms with E-state index in [0.29, 0.717) is 17.9 Å². The number of ether oxygens (including phenoxy) is 1. The van der Waals surface area contributed by atoms with E-state index >= 15 is 0 Å². The number of hydrogen-bond acceptors (Lipinski definition) is 4. The fourth-order valence-electron chi connectivity index (χ4n) is 1.36. The van der Waals surface area contributed by atoms with E-state index in [2.05, 4.69) is 16.6 Å². The second-order valence-electron chi connectivity index (χ2n) is 3.43. The Labute approximate surface area is 95.3 Å². The third-order valence-corrected chi connectivity index (χ3v) is 2.20. The summed E-state index contributed by atoms with van der Waals surface area (Å²) in [6.45, 7) is 6.83. The molecule has 16 heavy (non-hydrogen) atoms. The van der Waals surface area contributed by atoms with Crippen molar-refractivity contribution in [1.82, 2.24) is 5.32 Å². The molecule has 0 amide bonds. The van der Waals surface area contributed by atoms with Crippen LogP contribution in [-0.2, 0) is 11.3 Å². The van der Waals surface area contributed by atoms with E-state index < -0.39 is 0 Å². The van der Waals surface area contributed by atoms with Crippen LogP contribution in [0.1, 0.15) is 28.3 Å². The quantitative estimate of drug-likeness (QED) is 0.455. The number of nitrogens with one attached hydrogen (secondary N) is 1. The molecule has 4 heteroatoms. The van der Waals surface area contributed by atoms with Crippen molar-refractivity contribution in [2.24, 2.45) is 0 Å². The molecule has 0 aliphatic rings. The molecule has 88 valence electrons. The summed E-state index contributed by atoms with van der Waals surface area (Å²) in [5.41, 5.74) is 0.489. The van der Waals surface area contributed by atoms with Crippen LogP contribution in [0.3, 0.4) is 0 Å². The number of rotatable bonds is 6. The van der Waals surface area contributed by atoms with Crippen molar-refractivity contribution >= 4 is 5.97 Å². The van der Waals surface area contributed by atoms with Crippen molar-refractivity contribution in [1.29, 1.82) is 0 Å². The number of aryl methyl sites for hydroxylation is 1. The Bertz CT molecular complexity index is 368. The molecule has 1 aromatic rings. The molecule has 0 saturated heterocycles. The molecule has 0 radical (unpaired) electrons. The molecule has 0 fully saturated rings. The van der Waals surface area contributed by atoms with Gasteiger partial charge in [-0.15, -0.1) is 6.58 Å². The fourth-order valence-corrected chi connectivity index (χ4v) is 1.36. The zero-order valence-corrected chi connectivity index (χ0v) is 9.71. The van der Waals surface area contributed by atoms with E-state index in [1.807, 2.05) is 6.08 Å². The Balaban J connectivity index is 2.55. The highest BCUT2D eigenvalue weighted by molar-refractivity contribution is 5.90. The molecule has 0 saturated carbocycles. The number of carbonyl (C=O) groups is 1. The molecule has 0 bridgehead atoms. The van der Waals surface area contributed by atoms with Crippen LogP contribution in [0.4, 0.5) is 0 Å². The molecule has 0 atom stereocenters. The molecule has 0 spiro atoms. The van der Waals surface area contributed by atoms with Gasteiger partial charge in [-0.1, -0.05) is 6.08 Å². The van der Waals surface area contributed by atoms with Crippen LogP contribution in [0, 0.1) is 6.92 Å². The smallest absolute Gasteiger partial charge is 0.341 e. The average Bonchev–Trinajstić information content (AvgIpc) is 2.65. The van der Waals surface area contributed by atoms with Gasteiger partial charge in [-0.2, -0.15) is 0 Å². The summed E-state index contributed by atoms with van der Waals surface area (Å²) >= 11 is 0. The van der Waals surface area contributed by atoms with Gasteiger partial charge < -0.3 is 14.5 Å². The number of methoxy groups -OCH3 is 1. The SMILES string of the molecule is C=CCCNCc1cc(C(=O)OC)c(C)o1. The normalized spacial score (nSPS) is 10.1. The summed E-state index contributed by atoms with van der Waals surface area (Å²) in [4.78, 5) is 11.3. The lowest BCUT2D eigenvalue weighted by Gasteiger charge is -1.98. The summed E-state index contributed by atoms with van der Waals surface area (Å²) in [7, 11) is 1.36. The predicted molar refractivity (Wildman–Crippen MR) is 61.3 cm³/mol. The lowest BCUT2D eigenvalue weighted by Crippen LogP contribution is -2.13. The lowest BCUT2D eigenvalue weighted by atomic mass is 10.2. The monoisotopic (exact) mass is 223 g/mol. The van der Waals surface area contributed by atoms with Crippen LogP contribution < -0.4 is 5.32 Å². The Morgan fingerprint density at radius 3 is 3.06 bits per heavy atom. The first-order chi connectivity index (χ1) is 7.69. The zero-order valence-electron chi connectivity index (χ0n) is 9.71. The summed E-state index contributed by atoms with van der Waals surface area (Å²) in [6, 6.07) is 1.71. The maximum Gasteiger partial charge on any atom is 0.341 e. The molecular weight excluding hydrogens is 206 g/mol. The van der Waals surface area contributed by atoms with Gasteiger partial charge in [-0.05, 0) is 26.0 Å². The molecule has 1 rings (SSSR count). The molecule has 0 aromatic carbocycles. The van der Waals surface area contributed by atoms with E-state index in [4.69, 9.17) is 4.42 Å². The molecular formula is C12H17NO3. The van der Waals surface area contributed by atoms with Crippen molar-refractivity contribution in [3.8, 4) is 0 Å². The summed E-state index contributed by atoms with van der Waals surface area (Å²) in [5, 5.41) is 3.18. The number of carbonyl (C=O) groups excluding carboxylic acids is 1. The minimum Gasteiger partial charge on any atom is -0.465 e. The van der Waals surface area contributed by atoms with Gasteiger partial charge in [-0.3, -0.25) is 0 Å². The van der Waals surface area contributed by atoms with Gasteiger partial charge in [0.1, 0.15) is 17.1 Å². The number of hydrogen-bond donors (Lipinski definition) is 1. The summed E-state index contributed by atoms with van der Waals surface area (Å²) in [6.07, 6.45) is 2.75. The van der Waals surface area contributed by atoms with Gasteiger partial charge in [0.15, 0.2) is 0 Å². The molecule has 1 N–H and O–H groups in total. The average molecular weight is 223 g/mol. The Morgan fingerprint density at radius 1 is 1.69 bits per heavy atom. The van der Waals surface area contributed by atoms with Crippen molar-refractivity contribution in [3.05, 3.63) is 35.8 Å². The summed E-state index contributed by atoms with van der Waals surface area (Å²) < 4.78 is 10.1. The second-order valence-corrected chi connectivity index (χ2v) is 3.43. The van der Waals surface area contributed by atoms with Gasteiger partial charge in [0.25, 0.3) is 0 Å². The van der Waals surface area contributed by atoms with Crippen molar-refractivity contribution in [3.63, 3.8) is 0 Å². The Hall–Kier alpha value is -1.55. The van der Waals surface area contributed by atoms with E-state index in [-0.39, 0.29) is 5.97 Å². The number of esters is 1. The van der Waals surface area contributed by atoms with Gasteiger partial charge in [0.2, 0.25) is 0 Å². The van der Waals surface area contributed by atoms with Crippen LogP contribution in [-0.4, -0.2) is 19.6 Å². The maximum absolute atomic E-state index is 11.3. The first-order valence-corrected chi connectivity index (χ1v) is 5.18. The van der Waals surface area contributed by atoms with Crippen LogP contribution >= 0.6 is 0 Å². The number of furan rings is 1. The molecule has 0 aliphatic heterocycles. The highest BCUT2D eigenvalue weighted by atomic mass is 16.5. The topological polar surface area (TPSA) is 51.5 Å². The molecule has 4 nitrogen and oxygen atoms in total. The predicted octanol–water partition coefficient (Wildman–Crippen LogP) is 2.04. The first kappa shape index (κ1) is 12.5. The molecule has 0 unspecified atom stereocenters.